The number of hydrogen-bond donors (Lipinski definition) is 1. The van der Waals surface area contributed by atoms with Crippen LogP contribution < -0.4 is 5.73 Å². The Labute approximate surface area is 62.1 Å². The highest BCUT2D eigenvalue weighted by atomic mass is 32.2. The van der Waals surface area contributed by atoms with Crippen LogP contribution in [0, 0.1) is 0 Å². The molecule has 0 spiro atoms. The Bertz CT molecular complexity index is 176. The highest BCUT2D eigenvalue weighted by Crippen LogP contribution is 1.95. The SMILES string of the molecule is CCCN(CN)S(C)(=O)=O. The molecule has 0 aromatic heterocycles. The van der Waals surface area contributed by atoms with Crippen LogP contribution in [0.5, 0.6) is 0 Å². The van der Waals surface area contributed by atoms with Crippen molar-refractivity contribution in [3.8, 4) is 0 Å². The first kappa shape index (κ1) is 9.87. The third kappa shape index (κ3) is 3.14. The highest BCUT2D eigenvalue weighted by Gasteiger charge is 2.11. The Kier molecular flexibility index (Phi) is 3.85. The molecule has 0 radical (unpaired) electrons. The van der Waals surface area contributed by atoms with E-state index in [0.29, 0.717) is 6.54 Å². The molecule has 10 heavy (non-hydrogen) atoms. The van der Waals surface area contributed by atoms with E-state index in [0.717, 1.165) is 12.7 Å². The van der Waals surface area contributed by atoms with Crippen molar-refractivity contribution in [1.29, 1.82) is 0 Å². The van der Waals surface area contributed by atoms with Crippen molar-refractivity contribution < 1.29 is 8.42 Å². The van der Waals surface area contributed by atoms with Gasteiger partial charge in [0.15, 0.2) is 0 Å². The van der Waals surface area contributed by atoms with E-state index >= 15 is 0 Å². The van der Waals surface area contributed by atoms with Gasteiger partial charge in [0.05, 0.1) is 12.9 Å². The average molecular weight is 166 g/mol. The summed E-state index contributed by atoms with van der Waals surface area (Å²) in [6.07, 6.45) is 1.96. The normalized spacial score (nSPS) is 12.4. The van der Waals surface area contributed by atoms with E-state index in [1.807, 2.05) is 6.92 Å². The first-order valence-electron chi connectivity index (χ1n) is 3.17. The van der Waals surface area contributed by atoms with Gasteiger partial charge in [-0.3, -0.25) is 0 Å². The predicted octanol–water partition coefficient (Wildman–Crippen LogP) is -0.426. The molecule has 0 aliphatic rings. The minimum Gasteiger partial charge on any atom is -0.317 e. The fourth-order valence-corrected chi connectivity index (χ4v) is 1.43. The fraction of sp³-hybridized carbons (Fsp3) is 1.00. The van der Waals surface area contributed by atoms with Gasteiger partial charge in [-0.15, -0.1) is 0 Å². The van der Waals surface area contributed by atoms with Crippen molar-refractivity contribution in [1.82, 2.24) is 4.31 Å². The van der Waals surface area contributed by atoms with Gasteiger partial charge in [0, 0.05) is 6.54 Å². The van der Waals surface area contributed by atoms with E-state index < -0.39 is 10.0 Å². The zero-order valence-corrected chi connectivity index (χ0v) is 7.19. The van der Waals surface area contributed by atoms with Crippen molar-refractivity contribution in [3.63, 3.8) is 0 Å². The molecule has 0 saturated heterocycles. The zero-order valence-electron chi connectivity index (χ0n) is 6.37. The second-order valence-corrected chi connectivity index (χ2v) is 4.10. The second-order valence-electron chi connectivity index (χ2n) is 2.12. The first-order chi connectivity index (χ1) is 4.52. The third-order valence-corrected chi connectivity index (χ3v) is 2.42. The zero-order chi connectivity index (χ0) is 8.20. The van der Waals surface area contributed by atoms with Crippen LogP contribution in [0.15, 0.2) is 0 Å². The fourth-order valence-electron chi connectivity index (χ4n) is 0.642. The first-order valence-corrected chi connectivity index (χ1v) is 5.02. The molecule has 0 amide bonds. The molecule has 0 aliphatic carbocycles. The quantitative estimate of drug-likeness (QED) is 0.577. The van der Waals surface area contributed by atoms with E-state index in [2.05, 4.69) is 0 Å². The van der Waals surface area contributed by atoms with Crippen LogP contribution >= 0.6 is 0 Å². The van der Waals surface area contributed by atoms with Gasteiger partial charge < -0.3 is 5.73 Å². The number of nitrogens with two attached hydrogens (primary N) is 1. The van der Waals surface area contributed by atoms with Gasteiger partial charge in [-0.25, -0.2) is 8.42 Å². The Hall–Kier alpha value is -0.130. The van der Waals surface area contributed by atoms with Gasteiger partial charge >= 0.3 is 0 Å². The maximum absolute atomic E-state index is 10.8. The summed E-state index contributed by atoms with van der Waals surface area (Å²) in [5.74, 6) is 0. The molecule has 2 N–H and O–H groups in total. The summed E-state index contributed by atoms with van der Waals surface area (Å²) < 4.78 is 22.8. The van der Waals surface area contributed by atoms with Crippen LogP contribution in [0.4, 0.5) is 0 Å². The average Bonchev–Trinajstić information content (AvgIpc) is 1.80. The maximum Gasteiger partial charge on any atom is 0.212 e. The van der Waals surface area contributed by atoms with Gasteiger partial charge in [-0.2, -0.15) is 4.31 Å². The number of hydrogen-bond acceptors (Lipinski definition) is 3. The number of rotatable bonds is 4. The maximum atomic E-state index is 10.8. The lowest BCUT2D eigenvalue weighted by Crippen LogP contribution is -2.35. The Balaban J connectivity index is 4.08. The summed E-state index contributed by atoms with van der Waals surface area (Å²) in [4.78, 5) is 0. The lowest BCUT2D eigenvalue weighted by molar-refractivity contribution is 0.424. The summed E-state index contributed by atoms with van der Waals surface area (Å²) in [5, 5.41) is 0. The van der Waals surface area contributed by atoms with Gasteiger partial charge in [-0.05, 0) is 6.42 Å². The molecular weight excluding hydrogens is 152 g/mol. The molecule has 62 valence electrons. The van der Waals surface area contributed by atoms with Crippen molar-refractivity contribution >= 4 is 10.0 Å². The molecular formula is C5H14N2O2S. The van der Waals surface area contributed by atoms with E-state index in [1.54, 1.807) is 0 Å². The Morgan fingerprint density at radius 3 is 2.10 bits per heavy atom. The summed E-state index contributed by atoms with van der Waals surface area (Å²) in [6.45, 7) is 2.50. The van der Waals surface area contributed by atoms with Crippen LogP contribution in [0.25, 0.3) is 0 Å². The number of sulfonamides is 1. The molecule has 0 saturated carbocycles. The smallest absolute Gasteiger partial charge is 0.212 e. The van der Waals surface area contributed by atoms with Crippen LogP contribution in [0.1, 0.15) is 13.3 Å². The number of nitrogens with zero attached hydrogens (tertiary/aromatic N) is 1. The molecule has 0 bridgehead atoms. The summed E-state index contributed by atoms with van der Waals surface area (Å²) in [7, 11) is -3.07. The molecule has 5 heteroatoms. The van der Waals surface area contributed by atoms with Gasteiger partial charge in [0.2, 0.25) is 10.0 Å². The van der Waals surface area contributed by atoms with E-state index in [4.69, 9.17) is 5.73 Å². The van der Waals surface area contributed by atoms with Crippen LogP contribution in [-0.4, -0.2) is 32.2 Å². The Morgan fingerprint density at radius 2 is 2.00 bits per heavy atom. The standard InChI is InChI=1S/C5H14N2O2S/c1-3-4-7(5-6)10(2,8)9/h3-6H2,1-2H3. The molecule has 0 fully saturated rings. The van der Waals surface area contributed by atoms with Gasteiger partial charge in [0.1, 0.15) is 0 Å². The molecule has 0 aromatic carbocycles. The second kappa shape index (κ2) is 3.90. The monoisotopic (exact) mass is 166 g/mol. The van der Waals surface area contributed by atoms with Crippen LogP contribution in [0.3, 0.4) is 0 Å². The van der Waals surface area contributed by atoms with E-state index in [9.17, 15) is 8.42 Å². The lowest BCUT2D eigenvalue weighted by atomic mass is 10.5. The minimum absolute atomic E-state index is 0.0761. The van der Waals surface area contributed by atoms with Crippen molar-refractivity contribution in [2.45, 2.75) is 13.3 Å². The van der Waals surface area contributed by atoms with Gasteiger partial charge in [0.25, 0.3) is 0 Å². The highest BCUT2D eigenvalue weighted by molar-refractivity contribution is 7.88. The lowest BCUT2D eigenvalue weighted by Gasteiger charge is -2.15. The molecule has 0 rings (SSSR count). The van der Waals surface area contributed by atoms with E-state index in [1.165, 1.54) is 4.31 Å². The summed E-state index contributed by atoms with van der Waals surface area (Å²) >= 11 is 0. The summed E-state index contributed by atoms with van der Waals surface area (Å²) in [5.41, 5.74) is 5.19. The van der Waals surface area contributed by atoms with Crippen molar-refractivity contribution in [2.75, 3.05) is 19.5 Å². The van der Waals surface area contributed by atoms with Crippen LogP contribution in [0.2, 0.25) is 0 Å². The molecule has 4 nitrogen and oxygen atoms in total. The third-order valence-electron chi connectivity index (χ3n) is 1.15. The van der Waals surface area contributed by atoms with E-state index in [-0.39, 0.29) is 6.67 Å². The van der Waals surface area contributed by atoms with Crippen LogP contribution in [-0.2, 0) is 10.0 Å². The topological polar surface area (TPSA) is 63.4 Å². The predicted molar refractivity (Wildman–Crippen MR) is 40.9 cm³/mol. The largest absolute Gasteiger partial charge is 0.317 e. The molecule has 0 aromatic rings. The summed E-state index contributed by atoms with van der Waals surface area (Å²) in [6, 6.07) is 0. The molecule has 0 aliphatic heterocycles. The molecule has 0 atom stereocenters. The van der Waals surface area contributed by atoms with Crippen molar-refractivity contribution in [2.24, 2.45) is 5.73 Å². The molecule has 0 unspecified atom stereocenters. The van der Waals surface area contributed by atoms with Gasteiger partial charge in [-0.1, -0.05) is 6.92 Å². The molecule has 0 heterocycles. The Morgan fingerprint density at radius 1 is 1.50 bits per heavy atom. The van der Waals surface area contributed by atoms with Crippen molar-refractivity contribution in [3.05, 3.63) is 0 Å². The minimum atomic E-state index is -3.07.